The summed E-state index contributed by atoms with van der Waals surface area (Å²) in [4.78, 5) is 0. The molecular formula is C9H9NOS. The molecule has 0 fully saturated rings. The summed E-state index contributed by atoms with van der Waals surface area (Å²) in [5.74, 6) is 0. The van der Waals surface area contributed by atoms with Crippen molar-refractivity contribution in [2.24, 2.45) is 0 Å². The van der Waals surface area contributed by atoms with E-state index in [0.29, 0.717) is 0 Å². The maximum atomic E-state index is 8.72. The number of hydrogen-bond donors (Lipinski definition) is 0. The van der Waals surface area contributed by atoms with Gasteiger partial charge in [-0.25, -0.2) is 0 Å². The molecule has 0 saturated heterocycles. The molecule has 1 atom stereocenters. The molecular weight excluding hydrogens is 170 g/mol. The fraction of sp³-hybridized carbons (Fsp3) is 0.222. The van der Waals surface area contributed by atoms with E-state index in [9.17, 15) is 0 Å². The van der Waals surface area contributed by atoms with Crippen molar-refractivity contribution >= 4 is 12.0 Å². The summed E-state index contributed by atoms with van der Waals surface area (Å²) in [5, 5.41) is 8.72. The van der Waals surface area contributed by atoms with Gasteiger partial charge in [0.15, 0.2) is 6.10 Å². The predicted octanol–water partition coefficient (Wildman–Crippen LogP) is 2.55. The van der Waals surface area contributed by atoms with E-state index < -0.39 is 6.10 Å². The molecule has 0 heterocycles. The molecule has 62 valence electrons. The Labute approximate surface area is 76.4 Å². The van der Waals surface area contributed by atoms with Crippen LogP contribution in [-0.4, -0.2) is 6.26 Å². The van der Waals surface area contributed by atoms with Gasteiger partial charge in [0, 0.05) is 6.26 Å². The lowest BCUT2D eigenvalue weighted by Crippen LogP contribution is -1.95. The van der Waals surface area contributed by atoms with Gasteiger partial charge >= 0.3 is 0 Å². The first-order chi connectivity index (χ1) is 5.88. The van der Waals surface area contributed by atoms with Crippen molar-refractivity contribution in [3.63, 3.8) is 0 Å². The highest BCUT2D eigenvalue weighted by atomic mass is 32.2. The van der Waals surface area contributed by atoms with E-state index in [-0.39, 0.29) is 0 Å². The lowest BCUT2D eigenvalue weighted by Gasteiger charge is -2.06. The van der Waals surface area contributed by atoms with Crippen molar-refractivity contribution in [2.45, 2.75) is 6.10 Å². The predicted molar refractivity (Wildman–Crippen MR) is 49.4 cm³/mol. The van der Waals surface area contributed by atoms with Crippen LogP contribution >= 0.6 is 12.0 Å². The molecule has 0 aliphatic carbocycles. The second-order valence-corrected chi connectivity index (χ2v) is 2.71. The molecule has 1 unspecified atom stereocenters. The maximum absolute atomic E-state index is 8.72. The third-order valence-corrected chi connectivity index (χ3v) is 1.80. The van der Waals surface area contributed by atoms with Gasteiger partial charge in [0.2, 0.25) is 0 Å². The van der Waals surface area contributed by atoms with Crippen molar-refractivity contribution in [2.75, 3.05) is 6.26 Å². The van der Waals surface area contributed by atoms with E-state index in [2.05, 4.69) is 6.07 Å². The maximum Gasteiger partial charge on any atom is 0.183 e. The lowest BCUT2D eigenvalue weighted by molar-refractivity contribution is 0.315. The quantitative estimate of drug-likeness (QED) is 0.668. The number of nitriles is 1. The van der Waals surface area contributed by atoms with Gasteiger partial charge in [-0.3, -0.25) is 4.18 Å². The van der Waals surface area contributed by atoms with Crippen LogP contribution in [0.1, 0.15) is 11.7 Å². The van der Waals surface area contributed by atoms with E-state index in [1.165, 1.54) is 12.0 Å². The summed E-state index contributed by atoms with van der Waals surface area (Å²) in [6, 6.07) is 11.5. The summed E-state index contributed by atoms with van der Waals surface area (Å²) in [5.41, 5.74) is 0.898. The number of nitrogens with zero attached hydrogens (tertiary/aromatic N) is 1. The number of hydrogen-bond acceptors (Lipinski definition) is 3. The molecule has 0 N–H and O–H groups in total. The van der Waals surface area contributed by atoms with Crippen LogP contribution in [-0.2, 0) is 4.18 Å². The molecule has 1 aromatic carbocycles. The Hall–Kier alpha value is -0.980. The van der Waals surface area contributed by atoms with E-state index in [0.717, 1.165) is 5.56 Å². The van der Waals surface area contributed by atoms with E-state index >= 15 is 0 Å². The van der Waals surface area contributed by atoms with Crippen LogP contribution in [0.2, 0.25) is 0 Å². The van der Waals surface area contributed by atoms with Gasteiger partial charge in [-0.2, -0.15) is 5.26 Å². The van der Waals surface area contributed by atoms with Gasteiger partial charge in [-0.15, -0.1) is 0 Å². The Morgan fingerprint density at radius 1 is 1.42 bits per heavy atom. The molecule has 0 aliphatic heterocycles. The normalized spacial score (nSPS) is 12.0. The lowest BCUT2D eigenvalue weighted by atomic mass is 10.1. The Bertz CT molecular complexity index is 268. The van der Waals surface area contributed by atoms with Crippen LogP contribution < -0.4 is 0 Å². The average molecular weight is 179 g/mol. The molecule has 1 rings (SSSR count). The summed E-state index contributed by atoms with van der Waals surface area (Å²) >= 11 is 1.21. The van der Waals surface area contributed by atoms with Crippen LogP contribution in [0, 0.1) is 11.3 Å². The Kier molecular flexibility index (Phi) is 3.65. The molecule has 0 radical (unpaired) electrons. The van der Waals surface area contributed by atoms with Crippen LogP contribution in [0.25, 0.3) is 0 Å². The summed E-state index contributed by atoms with van der Waals surface area (Å²) < 4.78 is 5.13. The van der Waals surface area contributed by atoms with Crippen molar-refractivity contribution in [3.05, 3.63) is 35.9 Å². The summed E-state index contributed by atoms with van der Waals surface area (Å²) in [6.45, 7) is 0. The van der Waals surface area contributed by atoms with Gasteiger partial charge in [-0.1, -0.05) is 30.3 Å². The van der Waals surface area contributed by atoms with E-state index in [1.807, 2.05) is 30.3 Å². The molecule has 0 aliphatic rings. The third kappa shape index (κ3) is 2.26. The number of rotatable bonds is 3. The van der Waals surface area contributed by atoms with Gasteiger partial charge in [-0.05, 0) is 17.6 Å². The van der Waals surface area contributed by atoms with Crippen molar-refractivity contribution < 1.29 is 4.18 Å². The van der Waals surface area contributed by atoms with Crippen molar-refractivity contribution in [1.82, 2.24) is 0 Å². The molecule has 12 heavy (non-hydrogen) atoms. The zero-order chi connectivity index (χ0) is 8.81. The zero-order valence-electron chi connectivity index (χ0n) is 6.73. The third-order valence-electron chi connectivity index (χ3n) is 1.41. The van der Waals surface area contributed by atoms with Gasteiger partial charge in [0.25, 0.3) is 0 Å². The highest BCUT2D eigenvalue weighted by Crippen LogP contribution is 2.19. The second-order valence-electron chi connectivity index (χ2n) is 2.18. The first-order valence-corrected chi connectivity index (χ1v) is 4.67. The highest BCUT2D eigenvalue weighted by molar-refractivity contribution is 7.93. The van der Waals surface area contributed by atoms with Crippen LogP contribution in [0.4, 0.5) is 0 Å². The SMILES string of the molecule is CSOC(C#N)c1ccccc1. The number of benzene rings is 1. The van der Waals surface area contributed by atoms with E-state index in [4.69, 9.17) is 9.44 Å². The molecule has 0 spiro atoms. The molecule has 0 amide bonds. The fourth-order valence-corrected chi connectivity index (χ4v) is 1.22. The summed E-state index contributed by atoms with van der Waals surface area (Å²) in [7, 11) is 0. The van der Waals surface area contributed by atoms with Crippen molar-refractivity contribution in [1.29, 1.82) is 5.26 Å². The second kappa shape index (κ2) is 4.81. The molecule has 2 nitrogen and oxygen atoms in total. The van der Waals surface area contributed by atoms with Crippen LogP contribution in [0.5, 0.6) is 0 Å². The highest BCUT2D eigenvalue weighted by Gasteiger charge is 2.08. The minimum atomic E-state index is -0.457. The van der Waals surface area contributed by atoms with Crippen LogP contribution in [0.3, 0.4) is 0 Å². The fourth-order valence-electron chi connectivity index (χ4n) is 0.876. The average Bonchev–Trinajstić information content (AvgIpc) is 2.15. The molecule has 0 saturated carbocycles. The first kappa shape index (κ1) is 9.11. The topological polar surface area (TPSA) is 33.0 Å². The van der Waals surface area contributed by atoms with Crippen LogP contribution in [0.15, 0.2) is 30.3 Å². The standard InChI is InChI=1S/C9H9NOS/c1-12-11-9(7-10)8-5-3-2-4-6-8/h2-6,9H,1H3. The Balaban J connectivity index is 2.75. The Morgan fingerprint density at radius 3 is 2.58 bits per heavy atom. The van der Waals surface area contributed by atoms with Gasteiger partial charge in [0.1, 0.15) is 6.07 Å². The minimum absolute atomic E-state index is 0.457. The molecule has 0 bridgehead atoms. The smallest absolute Gasteiger partial charge is 0.183 e. The zero-order valence-corrected chi connectivity index (χ0v) is 7.54. The molecule has 0 aromatic heterocycles. The first-order valence-electron chi connectivity index (χ1n) is 3.52. The largest absolute Gasteiger partial charge is 0.292 e. The molecule has 1 aromatic rings. The van der Waals surface area contributed by atoms with E-state index in [1.54, 1.807) is 6.26 Å². The minimum Gasteiger partial charge on any atom is -0.292 e. The van der Waals surface area contributed by atoms with Gasteiger partial charge < -0.3 is 0 Å². The van der Waals surface area contributed by atoms with Crippen molar-refractivity contribution in [3.8, 4) is 6.07 Å². The monoisotopic (exact) mass is 179 g/mol. The Morgan fingerprint density at radius 2 is 2.08 bits per heavy atom. The van der Waals surface area contributed by atoms with Gasteiger partial charge in [0.05, 0.1) is 0 Å². The molecule has 3 heteroatoms. The summed E-state index contributed by atoms with van der Waals surface area (Å²) in [6.07, 6.45) is 1.34.